The Hall–Kier alpha value is -3.65. The van der Waals surface area contributed by atoms with Gasteiger partial charge in [-0.2, -0.15) is 0 Å². The van der Waals surface area contributed by atoms with Gasteiger partial charge in [0.1, 0.15) is 17.3 Å². The van der Waals surface area contributed by atoms with Crippen molar-refractivity contribution < 1.29 is 18.7 Å². The van der Waals surface area contributed by atoms with Gasteiger partial charge in [-0.25, -0.2) is 4.99 Å². The van der Waals surface area contributed by atoms with Crippen LogP contribution in [0.5, 0.6) is 11.5 Å². The Morgan fingerprint density at radius 2 is 1.80 bits per heavy atom. The Morgan fingerprint density at radius 3 is 2.49 bits per heavy atom. The predicted molar refractivity (Wildman–Crippen MR) is 139 cm³/mol. The van der Waals surface area contributed by atoms with E-state index >= 15 is 0 Å². The maximum atomic E-state index is 13.5. The number of thioether (sulfide) groups is 1. The molecule has 7 nitrogen and oxygen atoms in total. The molecule has 0 atom stereocenters. The van der Waals surface area contributed by atoms with Crippen molar-refractivity contribution in [3.63, 3.8) is 0 Å². The molecule has 2 fully saturated rings. The molecule has 0 saturated carbocycles. The fourth-order valence-corrected chi connectivity index (χ4v) is 5.26. The number of anilines is 1. The van der Waals surface area contributed by atoms with Crippen LogP contribution in [0.15, 0.2) is 75.2 Å². The molecule has 3 heterocycles. The molecule has 0 bridgehead atoms. The molecule has 0 unspecified atom stereocenters. The van der Waals surface area contributed by atoms with Crippen molar-refractivity contribution >= 4 is 40.3 Å². The number of nitrogens with zero attached hydrogens (tertiary/aromatic N) is 3. The molecular formula is C27H27N3O4S. The van der Waals surface area contributed by atoms with Gasteiger partial charge in [0.15, 0.2) is 5.17 Å². The maximum Gasteiger partial charge on any atom is 0.267 e. The second-order valence-corrected chi connectivity index (χ2v) is 9.28. The van der Waals surface area contributed by atoms with Gasteiger partial charge in [-0.3, -0.25) is 9.69 Å². The van der Waals surface area contributed by atoms with Crippen molar-refractivity contribution in [2.75, 3.05) is 32.2 Å². The summed E-state index contributed by atoms with van der Waals surface area (Å²) in [6.45, 7) is 2.29. The van der Waals surface area contributed by atoms with E-state index in [2.05, 4.69) is 4.90 Å². The molecule has 0 N–H and O–H groups in total. The van der Waals surface area contributed by atoms with E-state index in [0.29, 0.717) is 28.1 Å². The average molecular weight is 490 g/mol. The highest BCUT2D eigenvalue weighted by Gasteiger charge is 2.34. The van der Waals surface area contributed by atoms with E-state index in [1.807, 2.05) is 60.7 Å². The van der Waals surface area contributed by atoms with Gasteiger partial charge < -0.3 is 18.8 Å². The molecule has 35 heavy (non-hydrogen) atoms. The second-order valence-electron chi connectivity index (χ2n) is 8.27. The number of ether oxygens (including phenoxy) is 2. The minimum absolute atomic E-state index is 0.134. The van der Waals surface area contributed by atoms with Crippen LogP contribution in [0, 0.1) is 0 Å². The van der Waals surface area contributed by atoms with E-state index in [9.17, 15) is 4.79 Å². The Kier molecular flexibility index (Phi) is 6.81. The molecule has 0 spiro atoms. The third kappa shape index (κ3) is 4.93. The largest absolute Gasteiger partial charge is 0.496 e. The normalized spacial score (nSPS) is 18.2. The van der Waals surface area contributed by atoms with Gasteiger partial charge in [0.05, 0.1) is 43.3 Å². The number of hydrogen-bond acceptors (Lipinski definition) is 7. The molecule has 0 radical (unpaired) electrons. The highest BCUT2D eigenvalue weighted by atomic mass is 32.2. The highest BCUT2D eigenvalue weighted by molar-refractivity contribution is 8.18. The zero-order valence-corrected chi connectivity index (χ0v) is 20.6. The first kappa shape index (κ1) is 23.1. The molecule has 1 aromatic heterocycles. The summed E-state index contributed by atoms with van der Waals surface area (Å²) < 4.78 is 16.9. The number of benzene rings is 2. The molecule has 2 aliphatic heterocycles. The number of para-hydroxylation sites is 1. The molecule has 2 saturated heterocycles. The summed E-state index contributed by atoms with van der Waals surface area (Å²) in [5, 5.41) is 0.600. The minimum Gasteiger partial charge on any atom is -0.496 e. The van der Waals surface area contributed by atoms with E-state index in [1.54, 1.807) is 25.4 Å². The van der Waals surface area contributed by atoms with Crippen molar-refractivity contribution in [1.82, 2.24) is 4.90 Å². The molecule has 8 heteroatoms. The third-order valence-electron chi connectivity index (χ3n) is 6.03. The summed E-state index contributed by atoms with van der Waals surface area (Å²) in [4.78, 5) is 22.8. The van der Waals surface area contributed by atoms with Gasteiger partial charge in [0.25, 0.3) is 5.91 Å². The second kappa shape index (κ2) is 10.3. The molecule has 2 aromatic carbocycles. The van der Waals surface area contributed by atoms with Crippen LogP contribution in [0.2, 0.25) is 0 Å². The van der Waals surface area contributed by atoms with Gasteiger partial charge in [0, 0.05) is 24.7 Å². The van der Waals surface area contributed by atoms with Crippen molar-refractivity contribution in [2.24, 2.45) is 4.99 Å². The van der Waals surface area contributed by atoms with Gasteiger partial charge in [-0.05, 0) is 61.0 Å². The van der Waals surface area contributed by atoms with E-state index in [1.165, 1.54) is 11.8 Å². The fourth-order valence-electron chi connectivity index (χ4n) is 4.27. The van der Waals surface area contributed by atoms with E-state index in [-0.39, 0.29) is 5.91 Å². The lowest BCUT2D eigenvalue weighted by Gasteiger charge is -2.22. The summed E-state index contributed by atoms with van der Waals surface area (Å²) in [6.07, 6.45) is 5.78. The predicted octanol–water partition coefficient (Wildman–Crippen LogP) is 5.70. The Labute approximate surface area is 209 Å². The number of amides is 1. The molecular weight excluding hydrogens is 462 g/mol. The number of amidine groups is 1. The van der Waals surface area contributed by atoms with Gasteiger partial charge in [0.2, 0.25) is 0 Å². The van der Waals surface area contributed by atoms with Crippen molar-refractivity contribution in [3.05, 3.63) is 77.1 Å². The van der Waals surface area contributed by atoms with Crippen LogP contribution in [-0.2, 0) is 11.3 Å². The average Bonchev–Trinajstić information content (AvgIpc) is 3.65. The lowest BCUT2D eigenvalue weighted by molar-refractivity contribution is -0.122. The molecule has 2 aliphatic rings. The van der Waals surface area contributed by atoms with Gasteiger partial charge in [-0.1, -0.05) is 18.2 Å². The van der Waals surface area contributed by atoms with Crippen LogP contribution in [0.4, 0.5) is 11.4 Å². The number of aliphatic imine (C=N–C) groups is 1. The fraction of sp³-hybridized carbons (Fsp3) is 0.259. The Morgan fingerprint density at radius 1 is 1.03 bits per heavy atom. The molecule has 5 rings (SSSR count). The van der Waals surface area contributed by atoms with Crippen molar-refractivity contribution in [3.8, 4) is 11.5 Å². The summed E-state index contributed by atoms with van der Waals surface area (Å²) in [5.41, 5.74) is 2.57. The maximum absolute atomic E-state index is 13.5. The lowest BCUT2D eigenvalue weighted by atomic mass is 10.1. The number of carbonyl (C=O) groups is 1. The monoisotopic (exact) mass is 489 g/mol. The number of hydrogen-bond donors (Lipinski definition) is 0. The van der Waals surface area contributed by atoms with E-state index < -0.39 is 0 Å². The van der Waals surface area contributed by atoms with Crippen molar-refractivity contribution in [1.29, 1.82) is 0 Å². The van der Waals surface area contributed by atoms with Gasteiger partial charge >= 0.3 is 0 Å². The van der Waals surface area contributed by atoms with Crippen LogP contribution in [0.25, 0.3) is 6.08 Å². The minimum atomic E-state index is -0.134. The number of methoxy groups -OCH3 is 2. The summed E-state index contributed by atoms with van der Waals surface area (Å²) in [5.74, 6) is 2.01. The zero-order chi connectivity index (χ0) is 24.2. The molecule has 0 aliphatic carbocycles. The SMILES string of the molecule is COc1cc(N2CCCC2)c(OC)cc1/C=C1\SC(=Nc2ccccc2)N(Cc2ccco2)C1=O. The summed E-state index contributed by atoms with van der Waals surface area (Å²) in [6, 6.07) is 17.2. The van der Waals surface area contributed by atoms with Crippen LogP contribution in [-0.4, -0.2) is 43.3 Å². The first-order chi connectivity index (χ1) is 17.2. The molecule has 1 amide bonds. The zero-order valence-electron chi connectivity index (χ0n) is 19.8. The highest BCUT2D eigenvalue weighted by Crippen LogP contribution is 2.41. The number of rotatable bonds is 7. The Balaban J connectivity index is 1.52. The van der Waals surface area contributed by atoms with Crippen molar-refractivity contribution in [2.45, 2.75) is 19.4 Å². The molecule has 3 aromatic rings. The topological polar surface area (TPSA) is 67.5 Å². The first-order valence-electron chi connectivity index (χ1n) is 11.5. The quantitative estimate of drug-likeness (QED) is 0.397. The lowest BCUT2D eigenvalue weighted by Crippen LogP contribution is -2.28. The van der Waals surface area contributed by atoms with Crippen LogP contribution in [0.3, 0.4) is 0 Å². The number of carbonyl (C=O) groups excluding carboxylic acids is 1. The Bertz CT molecular complexity index is 1250. The van der Waals surface area contributed by atoms with Gasteiger partial charge in [-0.15, -0.1) is 0 Å². The standard InChI is InChI=1S/C27H27N3O4S/c1-32-23-17-22(29-12-6-7-13-29)24(33-2)15-19(23)16-25-26(31)30(18-21-11-8-14-34-21)27(35-25)28-20-9-4-3-5-10-20/h3-5,8-11,14-17H,6-7,12-13,18H2,1-2H3/b25-16-,28-27?. The first-order valence-corrected chi connectivity index (χ1v) is 12.4. The molecule has 180 valence electrons. The van der Waals surface area contributed by atoms with E-state index in [0.717, 1.165) is 48.6 Å². The van der Waals surface area contributed by atoms with Crippen LogP contribution in [0.1, 0.15) is 24.2 Å². The summed E-state index contributed by atoms with van der Waals surface area (Å²) in [7, 11) is 3.32. The van der Waals surface area contributed by atoms with Crippen LogP contribution >= 0.6 is 11.8 Å². The number of furan rings is 1. The smallest absolute Gasteiger partial charge is 0.267 e. The summed E-state index contributed by atoms with van der Waals surface area (Å²) >= 11 is 1.34. The van der Waals surface area contributed by atoms with Crippen LogP contribution < -0.4 is 14.4 Å². The van der Waals surface area contributed by atoms with E-state index in [4.69, 9.17) is 18.9 Å². The third-order valence-corrected chi connectivity index (χ3v) is 7.03.